The van der Waals surface area contributed by atoms with E-state index in [1.165, 1.54) is 0 Å². The lowest BCUT2D eigenvalue weighted by molar-refractivity contribution is 0.234. The maximum absolute atomic E-state index is 5.82. The van der Waals surface area contributed by atoms with Crippen molar-refractivity contribution < 1.29 is 0 Å². The molecule has 82 valence electrons. The van der Waals surface area contributed by atoms with Crippen LogP contribution in [-0.4, -0.2) is 47.8 Å². The Morgan fingerprint density at radius 1 is 1.47 bits per heavy atom. The highest BCUT2D eigenvalue weighted by atomic mass is 35.5. The number of halogens is 1. The van der Waals surface area contributed by atoms with Gasteiger partial charge < -0.3 is 9.80 Å². The van der Waals surface area contributed by atoms with E-state index in [-0.39, 0.29) is 0 Å². The van der Waals surface area contributed by atoms with E-state index in [2.05, 4.69) is 34.0 Å². The lowest BCUT2D eigenvalue weighted by Crippen LogP contribution is -2.50. The molecule has 1 fully saturated rings. The van der Waals surface area contributed by atoms with Gasteiger partial charge in [-0.15, -0.1) is 5.10 Å². The summed E-state index contributed by atoms with van der Waals surface area (Å²) in [6.45, 7) is 5.32. The molecule has 0 aromatic carbocycles. The summed E-state index contributed by atoms with van der Waals surface area (Å²) in [7, 11) is 2.15. The first-order valence-corrected chi connectivity index (χ1v) is 5.48. The minimum Gasteiger partial charge on any atom is -0.367 e. The van der Waals surface area contributed by atoms with E-state index < -0.39 is 0 Å². The van der Waals surface area contributed by atoms with Crippen LogP contribution in [0, 0.1) is 0 Å². The minimum atomic E-state index is 0.457. The van der Waals surface area contributed by atoms with E-state index >= 15 is 0 Å². The van der Waals surface area contributed by atoms with Crippen molar-refractivity contribution in [2.75, 3.05) is 31.6 Å². The SMILES string of the molecule is CC1CN(c2cnnc(Cl)c2)CCN1C. The number of anilines is 1. The molecule has 2 heterocycles. The molecule has 4 nitrogen and oxygen atoms in total. The van der Waals surface area contributed by atoms with Gasteiger partial charge in [0.25, 0.3) is 0 Å². The van der Waals surface area contributed by atoms with Crippen LogP contribution in [0.1, 0.15) is 6.92 Å². The van der Waals surface area contributed by atoms with Crippen LogP contribution in [0.15, 0.2) is 12.3 Å². The summed E-state index contributed by atoms with van der Waals surface area (Å²) in [5, 5.41) is 8.07. The predicted octanol–water partition coefficient (Wildman–Crippen LogP) is 1.27. The molecular formula is C10H15ClN4. The third-order valence-electron chi connectivity index (χ3n) is 2.94. The van der Waals surface area contributed by atoms with Crippen LogP contribution in [0.25, 0.3) is 0 Å². The summed E-state index contributed by atoms with van der Waals surface area (Å²) < 4.78 is 0. The summed E-state index contributed by atoms with van der Waals surface area (Å²) >= 11 is 5.82. The molecule has 0 amide bonds. The number of piperazine rings is 1. The lowest BCUT2D eigenvalue weighted by Gasteiger charge is -2.38. The average Bonchev–Trinajstić information content (AvgIpc) is 2.22. The van der Waals surface area contributed by atoms with Gasteiger partial charge in [0.1, 0.15) is 0 Å². The fraction of sp³-hybridized carbons (Fsp3) is 0.600. The van der Waals surface area contributed by atoms with Crippen molar-refractivity contribution in [1.82, 2.24) is 15.1 Å². The standard InChI is InChI=1S/C10H15ClN4/c1-8-7-15(4-3-14(8)2)9-5-10(11)13-12-6-9/h5-6,8H,3-4,7H2,1-2H3. The third kappa shape index (κ3) is 2.38. The Balaban J connectivity index is 2.12. The van der Waals surface area contributed by atoms with Crippen LogP contribution in [0.5, 0.6) is 0 Å². The van der Waals surface area contributed by atoms with E-state index in [4.69, 9.17) is 11.6 Å². The van der Waals surface area contributed by atoms with Gasteiger partial charge in [0.15, 0.2) is 5.15 Å². The van der Waals surface area contributed by atoms with E-state index in [0.29, 0.717) is 11.2 Å². The Bertz CT molecular complexity index is 344. The molecule has 0 radical (unpaired) electrons. The Hall–Kier alpha value is -0.870. The number of nitrogens with zero attached hydrogens (tertiary/aromatic N) is 4. The Labute approximate surface area is 94.8 Å². The predicted molar refractivity (Wildman–Crippen MR) is 61.3 cm³/mol. The number of likely N-dealkylation sites (N-methyl/N-ethyl adjacent to an activating group) is 1. The molecule has 0 spiro atoms. The Kier molecular flexibility index (Phi) is 3.07. The van der Waals surface area contributed by atoms with Crippen molar-refractivity contribution in [3.8, 4) is 0 Å². The number of rotatable bonds is 1. The van der Waals surface area contributed by atoms with Gasteiger partial charge in [0.05, 0.1) is 11.9 Å². The second kappa shape index (κ2) is 4.33. The van der Waals surface area contributed by atoms with Crippen molar-refractivity contribution in [3.63, 3.8) is 0 Å². The normalized spacial score (nSPS) is 23.1. The molecule has 2 rings (SSSR count). The molecule has 1 aromatic heterocycles. The Morgan fingerprint density at radius 2 is 2.27 bits per heavy atom. The van der Waals surface area contributed by atoms with Gasteiger partial charge in [-0.3, -0.25) is 0 Å². The maximum atomic E-state index is 5.82. The second-order valence-corrected chi connectivity index (χ2v) is 4.40. The largest absolute Gasteiger partial charge is 0.367 e. The molecule has 1 aromatic rings. The number of hydrogen-bond acceptors (Lipinski definition) is 4. The van der Waals surface area contributed by atoms with Crippen molar-refractivity contribution in [2.24, 2.45) is 0 Å². The first-order chi connectivity index (χ1) is 7.16. The van der Waals surface area contributed by atoms with Gasteiger partial charge in [-0.25, -0.2) is 0 Å². The Morgan fingerprint density at radius 3 is 2.93 bits per heavy atom. The lowest BCUT2D eigenvalue weighted by atomic mass is 10.2. The van der Waals surface area contributed by atoms with Gasteiger partial charge >= 0.3 is 0 Å². The van der Waals surface area contributed by atoms with Crippen LogP contribution < -0.4 is 4.90 Å². The van der Waals surface area contributed by atoms with Gasteiger partial charge in [-0.05, 0) is 14.0 Å². The molecule has 15 heavy (non-hydrogen) atoms. The summed E-state index contributed by atoms with van der Waals surface area (Å²) in [5.41, 5.74) is 1.06. The average molecular weight is 227 g/mol. The summed E-state index contributed by atoms with van der Waals surface area (Å²) in [4.78, 5) is 4.65. The van der Waals surface area contributed by atoms with Crippen LogP contribution in [0.4, 0.5) is 5.69 Å². The fourth-order valence-electron chi connectivity index (χ4n) is 1.79. The monoisotopic (exact) mass is 226 g/mol. The second-order valence-electron chi connectivity index (χ2n) is 4.01. The molecule has 0 aliphatic carbocycles. The van der Waals surface area contributed by atoms with Crippen LogP contribution in [-0.2, 0) is 0 Å². The molecule has 1 aliphatic heterocycles. The highest BCUT2D eigenvalue weighted by Crippen LogP contribution is 2.19. The van der Waals surface area contributed by atoms with E-state index in [9.17, 15) is 0 Å². The smallest absolute Gasteiger partial charge is 0.153 e. The third-order valence-corrected chi connectivity index (χ3v) is 3.12. The topological polar surface area (TPSA) is 32.3 Å². The number of aromatic nitrogens is 2. The summed E-state index contributed by atoms with van der Waals surface area (Å²) in [6.07, 6.45) is 1.77. The van der Waals surface area contributed by atoms with Crippen LogP contribution in [0.2, 0.25) is 5.15 Å². The molecule has 1 unspecified atom stereocenters. The first-order valence-electron chi connectivity index (χ1n) is 5.10. The minimum absolute atomic E-state index is 0.457. The van der Waals surface area contributed by atoms with Gasteiger partial charge in [-0.1, -0.05) is 11.6 Å². The van der Waals surface area contributed by atoms with Gasteiger partial charge in [0, 0.05) is 31.7 Å². The highest BCUT2D eigenvalue weighted by Gasteiger charge is 2.21. The number of hydrogen-bond donors (Lipinski definition) is 0. The molecule has 1 atom stereocenters. The molecule has 0 bridgehead atoms. The molecule has 1 saturated heterocycles. The zero-order valence-corrected chi connectivity index (χ0v) is 9.78. The van der Waals surface area contributed by atoms with Crippen molar-refractivity contribution in [1.29, 1.82) is 0 Å². The quantitative estimate of drug-likeness (QED) is 0.722. The highest BCUT2D eigenvalue weighted by molar-refractivity contribution is 6.29. The van der Waals surface area contributed by atoms with E-state index in [0.717, 1.165) is 25.3 Å². The van der Waals surface area contributed by atoms with Crippen molar-refractivity contribution in [2.45, 2.75) is 13.0 Å². The zero-order valence-electron chi connectivity index (χ0n) is 9.02. The molecule has 1 aliphatic rings. The van der Waals surface area contributed by atoms with E-state index in [1.54, 1.807) is 6.20 Å². The van der Waals surface area contributed by atoms with Crippen LogP contribution >= 0.6 is 11.6 Å². The molecule has 0 N–H and O–H groups in total. The molecule has 0 saturated carbocycles. The van der Waals surface area contributed by atoms with Gasteiger partial charge in [0.2, 0.25) is 0 Å². The summed E-state index contributed by atoms with van der Waals surface area (Å²) in [6, 6.07) is 2.43. The van der Waals surface area contributed by atoms with Gasteiger partial charge in [-0.2, -0.15) is 5.10 Å². The maximum Gasteiger partial charge on any atom is 0.153 e. The van der Waals surface area contributed by atoms with Crippen molar-refractivity contribution >= 4 is 17.3 Å². The molecule has 5 heteroatoms. The first kappa shape index (κ1) is 10.6. The van der Waals surface area contributed by atoms with E-state index in [1.807, 2.05) is 6.07 Å². The summed E-state index contributed by atoms with van der Waals surface area (Å²) in [5.74, 6) is 0. The van der Waals surface area contributed by atoms with Crippen LogP contribution in [0.3, 0.4) is 0 Å². The molecular weight excluding hydrogens is 212 g/mol. The zero-order chi connectivity index (χ0) is 10.8. The van der Waals surface area contributed by atoms with Crippen molar-refractivity contribution in [3.05, 3.63) is 17.4 Å². The fourth-order valence-corrected chi connectivity index (χ4v) is 1.94.